The van der Waals surface area contributed by atoms with Crippen molar-refractivity contribution in [3.05, 3.63) is 17.3 Å². The van der Waals surface area contributed by atoms with E-state index in [2.05, 4.69) is 4.98 Å². The summed E-state index contributed by atoms with van der Waals surface area (Å²) in [5, 5.41) is 10.1. The second-order valence-corrected chi connectivity index (χ2v) is 6.01. The van der Waals surface area contributed by atoms with Crippen LogP contribution in [0.1, 0.15) is 13.3 Å². The van der Waals surface area contributed by atoms with Gasteiger partial charge in [-0.25, -0.2) is 4.98 Å². The number of rotatable bonds is 3. The number of amides is 1. The van der Waals surface area contributed by atoms with E-state index in [4.69, 9.17) is 11.6 Å². The van der Waals surface area contributed by atoms with E-state index in [0.29, 0.717) is 23.7 Å². The molecule has 0 bridgehead atoms. The van der Waals surface area contributed by atoms with Gasteiger partial charge in [-0.3, -0.25) is 14.5 Å². The molecule has 1 aromatic rings. The summed E-state index contributed by atoms with van der Waals surface area (Å²) in [5.74, 6) is 0.717. The van der Waals surface area contributed by atoms with Crippen LogP contribution >= 0.6 is 23.4 Å². The van der Waals surface area contributed by atoms with Crippen LogP contribution in [0, 0.1) is 5.92 Å². The van der Waals surface area contributed by atoms with E-state index < -0.39 is 0 Å². The van der Waals surface area contributed by atoms with Gasteiger partial charge in [0.2, 0.25) is 5.91 Å². The van der Waals surface area contributed by atoms with Crippen molar-refractivity contribution in [3.8, 4) is 5.75 Å². The molecule has 1 amide bonds. The normalized spacial score (nSPS) is 18.9. The Morgan fingerprint density at radius 3 is 3.05 bits per heavy atom. The van der Waals surface area contributed by atoms with E-state index in [1.807, 2.05) is 0 Å². The highest BCUT2D eigenvalue weighted by atomic mass is 35.5. The molecule has 0 saturated carbocycles. The molecule has 1 unspecified atom stereocenters. The van der Waals surface area contributed by atoms with Gasteiger partial charge in [-0.1, -0.05) is 23.4 Å². The molecule has 2 heterocycles. The van der Waals surface area contributed by atoms with Crippen LogP contribution in [0.5, 0.6) is 5.75 Å². The number of anilines is 1. The lowest BCUT2D eigenvalue weighted by molar-refractivity contribution is -0.117. The van der Waals surface area contributed by atoms with Crippen LogP contribution in [0.3, 0.4) is 0 Å². The molecular formula is C12H13ClN2O3S. The number of nitrogens with zero attached hydrogens (tertiary/aromatic N) is 2. The molecule has 0 spiro atoms. The van der Waals surface area contributed by atoms with Crippen LogP contribution in [0.2, 0.25) is 5.02 Å². The minimum Gasteiger partial charge on any atom is -0.504 e. The summed E-state index contributed by atoms with van der Waals surface area (Å²) in [4.78, 5) is 28.3. The fraction of sp³-hybridized carbons (Fsp3) is 0.417. The van der Waals surface area contributed by atoms with Gasteiger partial charge in [-0.05, 0) is 5.92 Å². The summed E-state index contributed by atoms with van der Waals surface area (Å²) in [6.07, 6.45) is 1.76. The summed E-state index contributed by atoms with van der Waals surface area (Å²) in [7, 11) is 0. The van der Waals surface area contributed by atoms with E-state index >= 15 is 0 Å². The number of aromatic nitrogens is 1. The molecule has 1 atom stereocenters. The van der Waals surface area contributed by atoms with Crippen molar-refractivity contribution in [1.82, 2.24) is 4.98 Å². The van der Waals surface area contributed by atoms with Gasteiger partial charge in [-0.2, -0.15) is 0 Å². The highest BCUT2D eigenvalue weighted by Crippen LogP contribution is 2.32. The van der Waals surface area contributed by atoms with Gasteiger partial charge in [0.25, 0.3) is 0 Å². The molecule has 0 aliphatic carbocycles. The molecule has 1 aromatic heterocycles. The SMILES string of the molecule is CC(=O)SCC1CC(=O)N(c2ncc(Cl)cc2O)C1. The third-order valence-electron chi connectivity index (χ3n) is 2.80. The molecule has 102 valence electrons. The molecule has 1 aliphatic heterocycles. The molecular weight excluding hydrogens is 288 g/mol. The molecule has 0 radical (unpaired) electrons. The number of hydrogen-bond acceptors (Lipinski definition) is 5. The molecule has 19 heavy (non-hydrogen) atoms. The quantitative estimate of drug-likeness (QED) is 0.925. The Morgan fingerprint density at radius 1 is 1.68 bits per heavy atom. The highest BCUT2D eigenvalue weighted by Gasteiger charge is 2.32. The fourth-order valence-corrected chi connectivity index (χ4v) is 2.81. The zero-order valence-electron chi connectivity index (χ0n) is 10.3. The lowest BCUT2D eigenvalue weighted by atomic mass is 10.1. The Balaban J connectivity index is 2.09. The second kappa shape index (κ2) is 5.79. The Morgan fingerprint density at radius 2 is 2.42 bits per heavy atom. The maximum Gasteiger partial charge on any atom is 0.228 e. The highest BCUT2D eigenvalue weighted by molar-refractivity contribution is 8.13. The number of pyridine rings is 1. The van der Waals surface area contributed by atoms with Crippen LogP contribution in [0.25, 0.3) is 0 Å². The van der Waals surface area contributed by atoms with E-state index in [-0.39, 0.29) is 28.5 Å². The zero-order chi connectivity index (χ0) is 14.0. The number of thioether (sulfide) groups is 1. The Kier molecular flexibility index (Phi) is 4.31. The van der Waals surface area contributed by atoms with Crippen LogP contribution < -0.4 is 4.90 Å². The van der Waals surface area contributed by atoms with E-state index in [9.17, 15) is 14.7 Å². The monoisotopic (exact) mass is 300 g/mol. The van der Waals surface area contributed by atoms with Crippen LogP contribution in [-0.2, 0) is 9.59 Å². The van der Waals surface area contributed by atoms with Gasteiger partial charge in [0.05, 0.1) is 5.02 Å². The zero-order valence-corrected chi connectivity index (χ0v) is 11.9. The standard InChI is InChI=1S/C12H13ClN2O3S/c1-7(16)19-6-8-2-11(18)15(5-8)12-10(17)3-9(13)4-14-12/h3-4,8,17H,2,5-6H2,1H3. The van der Waals surface area contributed by atoms with Crippen LogP contribution in [-0.4, -0.2) is 33.4 Å². The van der Waals surface area contributed by atoms with Crippen LogP contribution in [0.4, 0.5) is 5.82 Å². The predicted molar refractivity (Wildman–Crippen MR) is 74.5 cm³/mol. The van der Waals surface area contributed by atoms with E-state index in [1.165, 1.54) is 35.8 Å². The summed E-state index contributed by atoms with van der Waals surface area (Å²) >= 11 is 6.92. The third kappa shape index (κ3) is 3.39. The summed E-state index contributed by atoms with van der Waals surface area (Å²) < 4.78 is 0. The van der Waals surface area contributed by atoms with Gasteiger partial charge in [0, 0.05) is 37.9 Å². The first-order valence-electron chi connectivity index (χ1n) is 5.75. The summed E-state index contributed by atoms with van der Waals surface area (Å²) in [5.41, 5.74) is 0. The second-order valence-electron chi connectivity index (χ2n) is 4.37. The van der Waals surface area contributed by atoms with Crippen molar-refractivity contribution < 1.29 is 14.7 Å². The van der Waals surface area contributed by atoms with Crippen molar-refractivity contribution in [1.29, 1.82) is 0 Å². The predicted octanol–water partition coefficient (Wildman–Crippen LogP) is 2.07. The molecule has 1 N–H and O–H groups in total. The van der Waals surface area contributed by atoms with E-state index in [1.54, 1.807) is 0 Å². The van der Waals surface area contributed by atoms with E-state index in [0.717, 1.165) is 0 Å². The maximum atomic E-state index is 11.9. The maximum absolute atomic E-state index is 11.9. The molecule has 5 nitrogen and oxygen atoms in total. The largest absolute Gasteiger partial charge is 0.504 e. The average molecular weight is 301 g/mol. The first-order valence-corrected chi connectivity index (χ1v) is 7.12. The molecule has 1 fully saturated rings. The topological polar surface area (TPSA) is 70.5 Å². The molecule has 1 aliphatic rings. The van der Waals surface area contributed by atoms with Gasteiger partial charge in [0.15, 0.2) is 16.7 Å². The van der Waals surface area contributed by atoms with Gasteiger partial charge >= 0.3 is 0 Å². The van der Waals surface area contributed by atoms with Crippen molar-refractivity contribution in [2.75, 3.05) is 17.2 Å². The number of aromatic hydroxyl groups is 1. The Hall–Kier alpha value is -1.27. The van der Waals surface area contributed by atoms with Crippen molar-refractivity contribution in [3.63, 3.8) is 0 Å². The number of carbonyl (C=O) groups is 2. The average Bonchev–Trinajstić information content (AvgIpc) is 2.68. The number of halogens is 1. The van der Waals surface area contributed by atoms with Gasteiger partial charge in [0.1, 0.15) is 0 Å². The number of hydrogen-bond donors (Lipinski definition) is 1. The van der Waals surface area contributed by atoms with Gasteiger partial charge in [-0.15, -0.1) is 0 Å². The molecule has 7 heteroatoms. The molecule has 2 rings (SSSR count). The van der Waals surface area contributed by atoms with Crippen molar-refractivity contribution >= 4 is 40.2 Å². The van der Waals surface area contributed by atoms with Gasteiger partial charge < -0.3 is 5.11 Å². The number of carbonyl (C=O) groups excluding carboxylic acids is 2. The molecule has 0 aromatic carbocycles. The summed E-state index contributed by atoms with van der Waals surface area (Å²) in [6.45, 7) is 1.97. The third-order valence-corrected chi connectivity index (χ3v) is 4.05. The first kappa shape index (κ1) is 14.1. The first-order chi connectivity index (χ1) is 8.97. The molecule has 1 saturated heterocycles. The van der Waals surface area contributed by atoms with Crippen molar-refractivity contribution in [2.24, 2.45) is 5.92 Å². The van der Waals surface area contributed by atoms with Crippen molar-refractivity contribution in [2.45, 2.75) is 13.3 Å². The minimum atomic E-state index is -0.110. The van der Waals surface area contributed by atoms with Crippen LogP contribution in [0.15, 0.2) is 12.3 Å². The fourth-order valence-electron chi connectivity index (χ4n) is 1.96. The smallest absolute Gasteiger partial charge is 0.228 e. The Bertz CT molecular complexity index is 524. The lowest BCUT2D eigenvalue weighted by Crippen LogP contribution is -2.25. The minimum absolute atomic E-state index is 0.0402. The Labute approximate surface area is 120 Å². The lowest BCUT2D eigenvalue weighted by Gasteiger charge is -2.16. The summed E-state index contributed by atoms with van der Waals surface area (Å²) in [6, 6.07) is 1.36.